The van der Waals surface area contributed by atoms with Crippen molar-refractivity contribution in [2.24, 2.45) is 0 Å². The molecule has 0 aliphatic rings. The Kier molecular flexibility index (Phi) is 36.8. The second-order valence-corrected chi connectivity index (χ2v) is 0.329. The third kappa shape index (κ3) is 22.7. The van der Waals surface area contributed by atoms with E-state index in [1.54, 1.807) is 0 Å². The van der Waals surface area contributed by atoms with E-state index in [0.717, 1.165) is 0 Å². The predicted octanol–water partition coefficient (Wildman–Crippen LogP) is -0.689. The number of hydrogen-bond donors (Lipinski definition) is 0. The second-order valence-electron chi connectivity index (χ2n) is 0.329. The molecule has 0 aromatic carbocycles. The molecule has 2 radical (unpaired) electrons. The molecule has 0 aromatic heterocycles. The molecule has 0 rings (SSSR count). The molecule has 0 unspecified atom stereocenters. The van der Waals surface area contributed by atoms with Gasteiger partial charge in [0, 0.05) is 34.1 Å². The van der Waals surface area contributed by atoms with Crippen LogP contribution in [-0.2, 0) is 48.5 Å². The van der Waals surface area contributed by atoms with Crippen LogP contribution >= 0.6 is 0 Å². The third-order valence-electron chi connectivity index (χ3n) is 0.111. The number of ether oxygens (including phenoxy) is 1. The summed E-state index contributed by atoms with van der Waals surface area (Å²) in [6, 6.07) is 0. The molecule has 0 heterocycles. The molecule has 3 nitrogen and oxygen atoms in total. The molecule has 7 heavy (non-hydrogen) atoms. The first-order valence-electron chi connectivity index (χ1n) is 0.943. The summed E-state index contributed by atoms with van der Waals surface area (Å²) < 4.78 is 3.47. The van der Waals surface area contributed by atoms with Crippen molar-refractivity contribution in [2.45, 2.75) is 0 Å². The van der Waals surface area contributed by atoms with Gasteiger partial charge >= 0.3 is 12.9 Å². The van der Waals surface area contributed by atoms with Crippen molar-refractivity contribution in [1.82, 2.24) is 0 Å². The van der Waals surface area contributed by atoms with Gasteiger partial charge < -0.3 is 4.74 Å². The molecule has 0 saturated carbocycles. The monoisotopic (exact) mass is 200 g/mol. The van der Waals surface area contributed by atoms with Gasteiger partial charge in [0.05, 0.1) is 0 Å². The van der Waals surface area contributed by atoms with Gasteiger partial charge in [-0.1, -0.05) is 0 Å². The van der Waals surface area contributed by atoms with Crippen molar-refractivity contribution in [3.63, 3.8) is 0 Å². The van der Waals surface area contributed by atoms with Crippen molar-refractivity contribution < 1.29 is 48.5 Å². The number of carbonyl (C=O) groups is 2. The topological polar surface area (TPSA) is 43.4 Å². The van der Waals surface area contributed by atoms with E-state index in [4.69, 9.17) is 9.59 Å². The van der Waals surface area contributed by atoms with Gasteiger partial charge in [-0.05, 0) is 0 Å². The summed E-state index contributed by atoms with van der Waals surface area (Å²) in [6.07, 6.45) is 0. The number of hydrogen-bond acceptors (Lipinski definition) is 3. The maximum Gasteiger partial charge on any atom is 0.300 e. The molecule has 0 aromatic rings. The summed E-state index contributed by atoms with van der Waals surface area (Å²) in [6.45, 7) is 0.125. The molecule has 0 bridgehead atoms. The molecule has 5 heteroatoms. The number of carbonyl (C=O) groups excluding carboxylic acids is 2. The van der Waals surface area contributed by atoms with E-state index < -0.39 is 0 Å². The van der Waals surface area contributed by atoms with Crippen molar-refractivity contribution in [1.29, 1.82) is 0 Å². The molecule has 0 saturated heterocycles. The molecular formula is C2H2Cu2O3. The SMILES string of the molecule is O=COC=O.[Cu].[Cu]. The van der Waals surface area contributed by atoms with E-state index in [2.05, 4.69) is 4.74 Å². The second kappa shape index (κ2) is 16.4. The molecule has 50 valence electrons. The standard InChI is InChI=1S/C2H2O3.2Cu/c3-1-5-2-4;;/h1-2H;;. The zero-order valence-electron chi connectivity index (χ0n) is 2.98. The molecule has 0 fully saturated rings. The van der Waals surface area contributed by atoms with Crippen LogP contribution in [-0.4, -0.2) is 12.9 Å². The Labute approximate surface area is 61.7 Å². The fourth-order valence-electron chi connectivity index (χ4n) is 0.0227. The van der Waals surface area contributed by atoms with Gasteiger partial charge in [-0.25, -0.2) is 0 Å². The summed E-state index contributed by atoms with van der Waals surface area (Å²) >= 11 is 0. The Balaban J connectivity index is -0.0000000800. The molecule has 0 aliphatic heterocycles. The first-order valence-corrected chi connectivity index (χ1v) is 0.943. The summed E-state index contributed by atoms with van der Waals surface area (Å²) in [5.41, 5.74) is 0. The predicted molar refractivity (Wildman–Crippen MR) is 13.2 cm³/mol. The van der Waals surface area contributed by atoms with Gasteiger partial charge in [0.25, 0.3) is 0 Å². The Morgan fingerprint density at radius 1 is 1.00 bits per heavy atom. The van der Waals surface area contributed by atoms with Crippen molar-refractivity contribution in [3.05, 3.63) is 0 Å². The van der Waals surface area contributed by atoms with Crippen LogP contribution in [0, 0.1) is 0 Å². The van der Waals surface area contributed by atoms with Gasteiger partial charge in [0.15, 0.2) is 0 Å². The maximum atomic E-state index is 8.95. The van der Waals surface area contributed by atoms with Gasteiger partial charge in [0.2, 0.25) is 0 Å². The molecule has 0 amide bonds. The zero-order chi connectivity index (χ0) is 4.12. The van der Waals surface area contributed by atoms with Crippen molar-refractivity contribution in [3.8, 4) is 0 Å². The van der Waals surface area contributed by atoms with Gasteiger partial charge in [-0.15, -0.1) is 0 Å². The zero-order valence-corrected chi connectivity index (χ0v) is 4.87. The summed E-state index contributed by atoms with van der Waals surface area (Å²) in [5, 5.41) is 0. The Morgan fingerprint density at radius 3 is 1.29 bits per heavy atom. The Morgan fingerprint density at radius 2 is 1.29 bits per heavy atom. The van der Waals surface area contributed by atoms with Crippen LogP contribution in [0.4, 0.5) is 0 Å². The average Bonchev–Trinajstić information content (AvgIpc) is 1.41. The summed E-state index contributed by atoms with van der Waals surface area (Å²) in [4.78, 5) is 17.9. The van der Waals surface area contributed by atoms with E-state index in [1.165, 1.54) is 0 Å². The molecule has 0 aliphatic carbocycles. The minimum absolute atomic E-state index is 0. The molecule has 0 atom stereocenters. The molecule has 0 spiro atoms. The largest absolute Gasteiger partial charge is 0.398 e. The normalized spacial score (nSPS) is 4.00. The van der Waals surface area contributed by atoms with Gasteiger partial charge in [-0.2, -0.15) is 0 Å². The Hall–Kier alpha value is 0.179. The Bertz CT molecular complexity index is 40.2. The van der Waals surface area contributed by atoms with E-state index in [9.17, 15) is 0 Å². The summed E-state index contributed by atoms with van der Waals surface area (Å²) in [7, 11) is 0. The van der Waals surface area contributed by atoms with Crippen LogP contribution < -0.4 is 0 Å². The van der Waals surface area contributed by atoms with E-state index in [0.29, 0.717) is 0 Å². The fraction of sp³-hybridized carbons (Fsp3) is 0. The van der Waals surface area contributed by atoms with Crippen LogP contribution in [0.5, 0.6) is 0 Å². The molecular weight excluding hydrogens is 199 g/mol. The van der Waals surface area contributed by atoms with Crippen molar-refractivity contribution >= 4 is 12.9 Å². The van der Waals surface area contributed by atoms with Crippen molar-refractivity contribution in [2.75, 3.05) is 0 Å². The average molecular weight is 201 g/mol. The van der Waals surface area contributed by atoms with Crippen LogP contribution in [0.15, 0.2) is 0 Å². The first-order chi connectivity index (χ1) is 2.41. The molecule has 0 N–H and O–H groups in total. The van der Waals surface area contributed by atoms with E-state index >= 15 is 0 Å². The summed E-state index contributed by atoms with van der Waals surface area (Å²) in [5.74, 6) is 0. The van der Waals surface area contributed by atoms with Crippen LogP contribution in [0.3, 0.4) is 0 Å². The van der Waals surface area contributed by atoms with E-state index in [-0.39, 0.29) is 47.1 Å². The van der Waals surface area contributed by atoms with Gasteiger partial charge in [0.1, 0.15) is 0 Å². The smallest absolute Gasteiger partial charge is 0.300 e. The quantitative estimate of drug-likeness (QED) is 0.337. The first kappa shape index (κ1) is 15.7. The minimum Gasteiger partial charge on any atom is -0.398 e. The third-order valence-corrected chi connectivity index (χ3v) is 0.111. The maximum absolute atomic E-state index is 8.95. The fourth-order valence-corrected chi connectivity index (χ4v) is 0.0227. The number of rotatable bonds is 2. The van der Waals surface area contributed by atoms with Crippen LogP contribution in [0.25, 0.3) is 0 Å². The van der Waals surface area contributed by atoms with Crippen LogP contribution in [0.1, 0.15) is 0 Å². The van der Waals surface area contributed by atoms with Crippen LogP contribution in [0.2, 0.25) is 0 Å². The van der Waals surface area contributed by atoms with Gasteiger partial charge in [-0.3, -0.25) is 9.59 Å². The van der Waals surface area contributed by atoms with E-state index in [1.807, 2.05) is 0 Å². The minimum atomic E-state index is 0.